The lowest BCUT2D eigenvalue weighted by Crippen LogP contribution is -2.26. The number of carbonyl (C=O) groups is 2. The lowest BCUT2D eigenvalue weighted by molar-refractivity contribution is 0.0783. The Morgan fingerprint density at radius 1 is 1.00 bits per heavy atom. The monoisotopic (exact) mass is 363 g/mol. The molecular weight excluding hydrogens is 345 g/mol. The summed E-state index contributed by atoms with van der Waals surface area (Å²) >= 11 is 0. The molecule has 1 N–H and O–H groups in total. The van der Waals surface area contributed by atoms with Crippen LogP contribution in [0.4, 0.5) is 10.1 Å². The third kappa shape index (κ3) is 4.55. The number of halogens is 1. The zero-order valence-electron chi connectivity index (χ0n) is 14.7. The predicted octanol–water partition coefficient (Wildman–Crippen LogP) is 3.75. The van der Waals surface area contributed by atoms with Crippen molar-refractivity contribution in [1.29, 1.82) is 0 Å². The van der Waals surface area contributed by atoms with Gasteiger partial charge in [0.25, 0.3) is 11.8 Å². The van der Waals surface area contributed by atoms with Gasteiger partial charge < -0.3 is 10.2 Å². The van der Waals surface area contributed by atoms with Crippen LogP contribution in [0.5, 0.6) is 0 Å². The van der Waals surface area contributed by atoms with Crippen LogP contribution < -0.4 is 5.32 Å². The number of hydrogen-bond acceptors (Lipinski definition) is 3. The minimum atomic E-state index is -0.343. The van der Waals surface area contributed by atoms with Crippen molar-refractivity contribution in [3.05, 3.63) is 95.6 Å². The molecule has 0 saturated carbocycles. The molecule has 136 valence electrons. The number of anilines is 1. The van der Waals surface area contributed by atoms with Crippen molar-refractivity contribution in [1.82, 2.24) is 9.88 Å². The highest BCUT2D eigenvalue weighted by Gasteiger charge is 2.14. The van der Waals surface area contributed by atoms with Crippen molar-refractivity contribution >= 4 is 17.5 Å². The molecule has 5 nitrogen and oxygen atoms in total. The van der Waals surface area contributed by atoms with E-state index in [1.165, 1.54) is 11.0 Å². The molecule has 0 unspecified atom stereocenters. The lowest BCUT2D eigenvalue weighted by Gasteiger charge is -2.18. The first-order chi connectivity index (χ1) is 13.0. The quantitative estimate of drug-likeness (QED) is 0.751. The maximum Gasteiger partial charge on any atom is 0.274 e. The molecule has 0 aliphatic heterocycles. The Labute approximate surface area is 156 Å². The van der Waals surface area contributed by atoms with Crippen LogP contribution >= 0.6 is 0 Å². The van der Waals surface area contributed by atoms with Gasteiger partial charge in [0.05, 0.1) is 0 Å². The van der Waals surface area contributed by atoms with Gasteiger partial charge in [0.15, 0.2) is 0 Å². The van der Waals surface area contributed by atoms with Gasteiger partial charge >= 0.3 is 0 Å². The number of benzene rings is 2. The van der Waals surface area contributed by atoms with Gasteiger partial charge in [-0.25, -0.2) is 4.39 Å². The van der Waals surface area contributed by atoms with E-state index in [2.05, 4.69) is 10.3 Å². The Kier molecular flexibility index (Phi) is 5.56. The Hall–Kier alpha value is -3.54. The molecule has 0 saturated heterocycles. The molecule has 3 rings (SSSR count). The van der Waals surface area contributed by atoms with Gasteiger partial charge in [-0.2, -0.15) is 0 Å². The Morgan fingerprint density at radius 2 is 1.70 bits per heavy atom. The number of pyridine rings is 1. The SMILES string of the molecule is CN(Cc1ccccc1F)C(=O)c1ccc(NC(=O)c2ccccn2)cc1. The zero-order valence-corrected chi connectivity index (χ0v) is 14.7. The number of rotatable bonds is 5. The molecule has 0 aliphatic rings. The van der Waals surface area contributed by atoms with Crippen LogP contribution in [0.25, 0.3) is 0 Å². The summed E-state index contributed by atoms with van der Waals surface area (Å²) in [4.78, 5) is 30.0. The van der Waals surface area contributed by atoms with Crippen LogP contribution in [0.2, 0.25) is 0 Å². The van der Waals surface area contributed by atoms with Crippen LogP contribution in [0.15, 0.2) is 72.9 Å². The molecule has 0 atom stereocenters. The molecule has 3 aromatic rings. The molecule has 27 heavy (non-hydrogen) atoms. The fraction of sp³-hybridized carbons (Fsp3) is 0.0952. The fourth-order valence-electron chi connectivity index (χ4n) is 2.56. The molecule has 6 heteroatoms. The van der Waals surface area contributed by atoms with E-state index in [9.17, 15) is 14.0 Å². The molecule has 1 aromatic heterocycles. The Bertz CT molecular complexity index is 943. The lowest BCUT2D eigenvalue weighted by atomic mass is 10.1. The second kappa shape index (κ2) is 8.23. The van der Waals surface area contributed by atoms with Crippen molar-refractivity contribution in [2.24, 2.45) is 0 Å². The first kappa shape index (κ1) is 18.3. The zero-order chi connectivity index (χ0) is 19.2. The van der Waals surface area contributed by atoms with Gasteiger partial charge in [-0.15, -0.1) is 0 Å². The molecule has 0 bridgehead atoms. The van der Waals surface area contributed by atoms with E-state index in [1.54, 1.807) is 73.9 Å². The van der Waals surface area contributed by atoms with Crippen LogP contribution in [0.1, 0.15) is 26.4 Å². The van der Waals surface area contributed by atoms with E-state index in [1.807, 2.05) is 0 Å². The average Bonchev–Trinajstić information content (AvgIpc) is 2.70. The number of amides is 2. The van der Waals surface area contributed by atoms with Crippen molar-refractivity contribution in [2.45, 2.75) is 6.54 Å². The van der Waals surface area contributed by atoms with Crippen LogP contribution in [0, 0.1) is 5.82 Å². The van der Waals surface area contributed by atoms with Gasteiger partial charge in [-0.3, -0.25) is 14.6 Å². The molecule has 0 fully saturated rings. The Balaban J connectivity index is 1.65. The third-order valence-electron chi connectivity index (χ3n) is 4.00. The molecule has 0 aliphatic carbocycles. The second-order valence-electron chi connectivity index (χ2n) is 6.00. The number of nitrogens with one attached hydrogen (secondary N) is 1. The maximum absolute atomic E-state index is 13.7. The van der Waals surface area contributed by atoms with Crippen molar-refractivity contribution in [3.8, 4) is 0 Å². The second-order valence-corrected chi connectivity index (χ2v) is 6.00. The summed E-state index contributed by atoms with van der Waals surface area (Å²) in [6.07, 6.45) is 1.54. The highest BCUT2D eigenvalue weighted by atomic mass is 19.1. The van der Waals surface area contributed by atoms with E-state index in [0.717, 1.165) is 0 Å². The van der Waals surface area contributed by atoms with Gasteiger partial charge in [0, 0.05) is 36.6 Å². The predicted molar refractivity (Wildman–Crippen MR) is 101 cm³/mol. The normalized spacial score (nSPS) is 10.3. The molecule has 2 amide bonds. The smallest absolute Gasteiger partial charge is 0.274 e. The van der Waals surface area contributed by atoms with Crippen LogP contribution in [-0.2, 0) is 6.54 Å². The molecule has 0 radical (unpaired) electrons. The number of hydrogen-bond donors (Lipinski definition) is 1. The van der Waals surface area contributed by atoms with Gasteiger partial charge in [0.2, 0.25) is 0 Å². The number of carbonyl (C=O) groups excluding carboxylic acids is 2. The minimum Gasteiger partial charge on any atom is -0.337 e. The summed E-state index contributed by atoms with van der Waals surface area (Å²) in [5.74, 6) is -0.906. The van der Waals surface area contributed by atoms with Crippen molar-refractivity contribution in [3.63, 3.8) is 0 Å². The first-order valence-electron chi connectivity index (χ1n) is 8.36. The van der Waals surface area contributed by atoms with Crippen molar-refractivity contribution < 1.29 is 14.0 Å². The van der Waals surface area contributed by atoms with Gasteiger partial charge in [-0.05, 0) is 42.5 Å². The maximum atomic E-state index is 13.7. The van der Waals surface area contributed by atoms with E-state index < -0.39 is 0 Å². The average molecular weight is 363 g/mol. The number of aromatic nitrogens is 1. The minimum absolute atomic E-state index is 0.170. The third-order valence-corrected chi connectivity index (χ3v) is 4.00. The van der Waals surface area contributed by atoms with Crippen LogP contribution in [-0.4, -0.2) is 28.7 Å². The standard InChI is InChI=1S/C21H18FN3O2/c1-25(14-16-6-2-3-7-18(16)22)21(27)15-9-11-17(12-10-15)24-20(26)19-8-4-5-13-23-19/h2-13H,14H2,1H3,(H,24,26). The fourth-order valence-corrected chi connectivity index (χ4v) is 2.56. The van der Waals surface area contributed by atoms with E-state index >= 15 is 0 Å². The largest absolute Gasteiger partial charge is 0.337 e. The van der Waals surface area contributed by atoms with E-state index in [4.69, 9.17) is 0 Å². The summed E-state index contributed by atoms with van der Waals surface area (Å²) < 4.78 is 13.7. The Morgan fingerprint density at radius 3 is 2.37 bits per heavy atom. The van der Waals surface area contributed by atoms with Gasteiger partial charge in [0.1, 0.15) is 11.5 Å². The highest BCUT2D eigenvalue weighted by Crippen LogP contribution is 2.15. The highest BCUT2D eigenvalue weighted by molar-refractivity contribution is 6.03. The summed E-state index contributed by atoms with van der Waals surface area (Å²) in [6, 6.07) is 18.0. The summed E-state index contributed by atoms with van der Waals surface area (Å²) in [5.41, 5.74) is 1.76. The summed E-state index contributed by atoms with van der Waals surface area (Å²) in [7, 11) is 1.62. The molecular formula is C21H18FN3O2. The topological polar surface area (TPSA) is 62.3 Å². The van der Waals surface area contributed by atoms with Gasteiger partial charge in [-0.1, -0.05) is 24.3 Å². The van der Waals surface area contributed by atoms with Crippen LogP contribution in [0.3, 0.4) is 0 Å². The summed E-state index contributed by atoms with van der Waals surface area (Å²) in [5, 5.41) is 2.72. The molecule has 1 heterocycles. The molecule has 2 aromatic carbocycles. The summed E-state index contributed by atoms with van der Waals surface area (Å²) in [6.45, 7) is 0.170. The number of nitrogens with zero attached hydrogens (tertiary/aromatic N) is 2. The first-order valence-corrected chi connectivity index (χ1v) is 8.36. The van der Waals surface area contributed by atoms with Crippen molar-refractivity contribution in [2.75, 3.05) is 12.4 Å². The molecule has 0 spiro atoms. The van der Waals surface area contributed by atoms with E-state index in [0.29, 0.717) is 22.5 Å². The van der Waals surface area contributed by atoms with E-state index in [-0.39, 0.29) is 24.2 Å².